The topological polar surface area (TPSA) is 97.7 Å². The Morgan fingerprint density at radius 2 is 2.03 bits per heavy atom. The molecule has 3 aromatic rings. The summed E-state index contributed by atoms with van der Waals surface area (Å²) in [5, 5.41) is 16.6. The summed E-state index contributed by atoms with van der Waals surface area (Å²) < 4.78 is 51.8. The van der Waals surface area contributed by atoms with Gasteiger partial charge in [-0.15, -0.1) is 0 Å². The van der Waals surface area contributed by atoms with Gasteiger partial charge >= 0.3 is 12.2 Å². The Bertz CT molecular complexity index is 1110. The maximum absolute atomic E-state index is 13.3. The number of carbonyl (C=O) groups is 1. The van der Waals surface area contributed by atoms with Gasteiger partial charge in [0.1, 0.15) is 23.3 Å². The second kappa shape index (κ2) is 8.38. The number of alkyl halides is 3. The highest BCUT2D eigenvalue weighted by molar-refractivity contribution is 6.31. The molecule has 0 radical (unpaired) electrons. The second-order valence-electron chi connectivity index (χ2n) is 5.93. The number of nitrogens with zero attached hydrogens (tertiary/aromatic N) is 4. The van der Waals surface area contributed by atoms with E-state index in [2.05, 4.69) is 15.4 Å². The number of benzene rings is 1. The molecule has 0 atom stereocenters. The molecule has 0 aliphatic carbocycles. The van der Waals surface area contributed by atoms with Crippen molar-refractivity contribution in [3.8, 4) is 6.07 Å². The number of pyridine rings is 1. The second-order valence-corrected chi connectivity index (χ2v) is 6.34. The van der Waals surface area contributed by atoms with E-state index in [1.807, 2.05) is 11.2 Å². The Balaban J connectivity index is 1.89. The van der Waals surface area contributed by atoms with Crippen LogP contribution in [-0.4, -0.2) is 21.2 Å². The van der Waals surface area contributed by atoms with Gasteiger partial charge < -0.3 is 5.32 Å². The molecule has 12 heteroatoms. The summed E-state index contributed by atoms with van der Waals surface area (Å²) in [7, 11) is 0. The quantitative estimate of drug-likeness (QED) is 0.575. The third kappa shape index (κ3) is 4.84. The molecule has 154 valence electrons. The van der Waals surface area contributed by atoms with Crippen molar-refractivity contribution in [3.05, 3.63) is 70.5 Å². The predicted molar refractivity (Wildman–Crippen MR) is 99.2 cm³/mol. The van der Waals surface area contributed by atoms with Gasteiger partial charge in [-0.3, -0.25) is 10.00 Å². The number of nitrogens with one attached hydrogen (secondary N) is 2. The number of hydrogen-bond donors (Lipinski definition) is 2. The maximum atomic E-state index is 13.3. The number of nitriles is 1. The fourth-order valence-electron chi connectivity index (χ4n) is 2.41. The van der Waals surface area contributed by atoms with Crippen molar-refractivity contribution in [2.24, 2.45) is 0 Å². The first-order chi connectivity index (χ1) is 14.2. The van der Waals surface area contributed by atoms with Crippen LogP contribution in [0.5, 0.6) is 0 Å². The van der Waals surface area contributed by atoms with Crippen molar-refractivity contribution in [1.82, 2.24) is 15.2 Å². The fraction of sp³-hybridized carbons (Fsp3) is 0.111. The van der Waals surface area contributed by atoms with E-state index >= 15 is 0 Å². The van der Waals surface area contributed by atoms with Gasteiger partial charge in [-0.1, -0.05) is 11.6 Å². The minimum Gasteiger partial charge on any atom is -0.307 e. The minimum atomic E-state index is -4.63. The monoisotopic (exact) mass is 438 g/mol. The summed E-state index contributed by atoms with van der Waals surface area (Å²) in [6.45, 7) is -0.346. The van der Waals surface area contributed by atoms with Gasteiger partial charge in [0.15, 0.2) is 0 Å². The van der Waals surface area contributed by atoms with Gasteiger partial charge in [-0.2, -0.15) is 23.5 Å². The normalized spacial score (nSPS) is 11.1. The van der Waals surface area contributed by atoms with Crippen LogP contribution in [0.4, 0.5) is 33.7 Å². The third-order valence-corrected chi connectivity index (χ3v) is 4.14. The molecule has 0 aliphatic rings. The molecule has 0 aliphatic heterocycles. The molecule has 2 heterocycles. The smallest absolute Gasteiger partial charge is 0.307 e. The Hall–Kier alpha value is -3.65. The van der Waals surface area contributed by atoms with Crippen molar-refractivity contribution < 1.29 is 22.4 Å². The lowest BCUT2D eigenvalue weighted by atomic mass is 10.2. The molecule has 2 amide bonds. The van der Waals surface area contributed by atoms with Gasteiger partial charge in [0.25, 0.3) is 0 Å². The van der Waals surface area contributed by atoms with Gasteiger partial charge in [0.05, 0.1) is 29.1 Å². The van der Waals surface area contributed by atoms with Gasteiger partial charge in [-0.05, 0) is 36.4 Å². The molecule has 2 N–H and O–H groups in total. The Kier molecular flexibility index (Phi) is 5.89. The van der Waals surface area contributed by atoms with Gasteiger partial charge in [0.2, 0.25) is 0 Å². The summed E-state index contributed by atoms with van der Waals surface area (Å²) in [6, 6.07) is 8.07. The van der Waals surface area contributed by atoms with Crippen LogP contribution >= 0.6 is 11.6 Å². The van der Waals surface area contributed by atoms with Crippen LogP contribution in [0.15, 0.2) is 42.6 Å². The van der Waals surface area contributed by atoms with Crippen LogP contribution < -0.4 is 10.2 Å². The zero-order valence-electron chi connectivity index (χ0n) is 14.8. The number of halogens is 5. The Morgan fingerprint density at radius 3 is 2.60 bits per heavy atom. The van der Waals surface area contributed by atoms with Crippen molar-refractivity contribution in [3.63, 3.8) is 0 Å². The summed E-state index contributed by atoms with van der Waals surface area (Å²) in [5.41, 5.74) is -0.698. The number of rotatable bonds is 4. The molecular weight excluding hydrogens is 428 g/mol. The van der Waals surface area contributed by atoms with Crippen molar-refractivity contribution in [1.29, 1.82) is 5.26 Å². The largest absolute Gasteiger partial charge is 0.432 e. The average molecular weight is 439 g/mol. The summed E-state index contributed by atoms with van der Waals surface area (Å²) in [4.78, 5) is 17.7. The van der Waals surface area contributed by atoms with Gasteiger partial charge in [0, 0.05) is 5.69 Å². The van der Waals surface area contributed by atoms with E-state index in [0.717, 1.165) is 17.0 Å². The molecule has 0 unspecified atom stereocenters. The summed E-state index contributed by atoms with van der Waals surface area (Å²) in [6.07, 6.45) is -3.41. The fourth-order valence-corrected chi connectivity index (χ4v) is 2.59. The van der Waals surface area contributed by atoms with E-state index in [9.17, 15) is 22.4 Å². The molecule has 3 rings (SSSR count). The molecule has 0 saturated heterocycles. The highest BCUT2D eigenvalue weighted by Crippen LogP contribution is 2.28. The molecule has 7 nitrogen and oxygen atoms in total. The standard InChI is InChI=1S/C18H11ClF4N6O/c19-14-5-10(2-4-15(14)20)26-17(30)29(13-3-1-11(7-24)25-8-13)9-12-6-16(28-27-12)18(21,22)23/h1-6,8H,9H2,(H,26,30)(H,27,28). The van der Waals surface area contributed by atoms with E-state index in [-0.39, 0.29) is 34.3 Å². The van der Waals surface area contributed by atoms with Crippen molar-refractivity contribution in [2.75, 3.05) is 10.2 Å². The average Bonchev–Trinajstić information content (AvgIpc) is 3.18. The number of H-pyrrole nitrogens is 1. The SMILES string of the molecule is N#Cc1ccc(N(Cc2cc(C(F)(F)F)[nH]n2)C(=O)Nc2ccc(F)c(Cl)c2)cn1. The lowest BCUT2D eigenvalue weighted by molar-refractivity contribution is -0.141. The lowest BCUT2D eigenvalue weighted by Gasteiger charge is -2.22. The van der Waals surface area contributed by atoms with Crippen LogP contribution in [0, 0.1) is 17.1 Å². The zero-order valence-corrected chi connectivity index (χ0v) is 15.6. The van der Waals surface area contributed by atoms with Crippen molar-refractivity contribution >= 4 is 29.0 Å². The van der Waals surface area contributed by atoms with E-state index in [1.54, 1.807) is 0 Å². The molecular formula is C18H11ClF4N6O. The molecule has 0 fully saturated rings. The number of amides is 2. The molecule has 0 saturated carbocycles. The number of urea groups is 1. The summed E-state index contributed by atoms with van der Waals surface area (Å²) in [5.74, 6) is -0.681. The zero-order chi connectivity index (χ0) is 21.9. The highest BCUT2D eigenvalue weighted by Gasteiger charge is 2.33. The van der Waals surface area contributed by atoms with Crippen LogP contribution in [0.2, 0.25) is 5.02 Å². The van der Waals surface area contributed by atoms with E-state index in [0.29, 0.717) is 0 Å². The molecule has 1 aromatic carbocycles. The van der Waals surface area contributed by atoms with Gasteiger partial charge in [-0.25, -0.2) is 14.2 Å². The number of aromatic amines is 1. The minimum absolute atomic E-state index is 0.0704. The number of carbonyl (C=O) groups excluding carboxylic acids is 1. The predicted octanol–water partition coefficient (Wildman–Crippen LogP) is 4.73. The third-order valence-electron chi connectivity index (χ3n) is 3.85. The maximum Gasteiger partial charge on any atom is 0.432 e. The molecule has 0 bridgehead atoms. The highest BCUT2D eigenvalue weighted by atomic mass is 35.5. The number of aromatic nitrogens is 3. The van der Waals surface area contributed by atoms with Crippen LogP contribution in [-0.2, 0) is 12.7 Å². The Morgan fingerprint density at radius 1 is 1.27 bits per heavy atom. The van der Waals surface area contributed by atoms with Crippen LogP contribution in [0.25, 0.3) is 0 Å². The van der Waals surface area contributed by atoms with E-state index < -0.39 is 23.7 Å². The first kappa shape index (κ1) is 21.1. The Labute approximate surface area is 171 Å². The molecule has 0 spiro atoms. The van der Waals surface area contributed by atoms with Crippen LogP contribution in [0.1, 0.15) is 17.1 Å². The van der Waals surface area contributed by atoms with E-state index in [1.165, 1.54) is 30.5 Å². The van der Waals surface area contributed by atoms with Crippen LogP contribution in [0.3, 0.4) is 0 Å². The summed E-state index contributed by atoms with van der Waals surface area (Å²) >= 11 is 5.70. The first-order valence-corrected chi connectivity index (χ1v) is 8.56. The first-order valence-electron chi connectivity index (χ1n) is 8.18. The number of anilines is 2. The number of hydrogen-bond acceptors (Lipinski definition) is 4. The molecule has 30 heavy (non-hydrogen) atoms. The van der Waals surface area contributed by atoms with Crippen molar-refractivity contribution in [2.45, 2.75) is 12.7 Å². The molecule has 2 aromatic heterocycles. The lowest BCUT2D eigenvalue weighted by Crippen LogP contribution is -2.34. The van der Waals surface area contributed by atoms with E-state index in [4.69, 9.17) is 16.9 Å².